The highest BCUT2D eigenvalue weighted by Gasteiger charge is 2.74. The monoisotopic (exact) mass is 576 g/mol. The molecule has 3 heterocycles. The number of rotatable bonds is 5. The van der Waals surface area contributed by atoms with Crippen LogP contribution in [0.4, 0.5) is 19.0 Å². The van der Waals surface area contributed by atoms with Crippen molar-refractivity contribution >= 4 is 39.3 Å². The van der Waals surface area contributed by atoms with Gasteiger partial charge in [0.25, 0.3) is 0 Å². The van der Waals surface area contributed by atoms with Gasteiger partial charge in [0.15, 0.2) is 5.60 Å². The Morgan fingerprint density at radius 2 is 1.65 bits per heavy atom. The highest BCUT2D eigenvalue weighted by Crippen LogP contribution is 2.64. The molecule has 0 unspecified atom stereocenters. The Morgan fingerprint density at radius 3 is 2.38 bits per heavy atom. The Labute approximate surface area is 235 Å². The maximum absolute atomic E-state index is 13.7. The molecule has 216 valence electrons. The number of benzene rings is 1. The van der Waals surface area contributed by atoms with Crippen molar-refractivity contribution in [3.63, 3.8) is 0 Å². The first kappa shape index (κ1) is 26.6. The van der Waals surface area contributed by atoms with Gasteiger partial charge in [-0.05, 0) is 67.1 Å². The molecule has 2 aromatic rings. The van der Waals surface area contributed by atoms with Crippen LogP contribution < -0.4 is 4.90 Å². The summed E-state index contributed by atoms with van der Waals surface area (Å²) in [4.78, 5) is 32.9. The Balaban J connectivity index is 0.998. The molecular formula is C29H35F3N4O3S. The molecule has 5 fully saturated rings. The molecule has 2 amide bonds. The summed E-state index contributed by atoms with van der Waals surface area (Å²) in [6.07, 6.45) is -1.06. The number of amides is 2. The smallest absolute Gasteiger partial charge is 0.380 e. The van der Waals surface area contributed by atoms with E-state index in [1.54, 1.807) is 0 Å². The lowest BCUT2D eigenvalue weighted by molar-refractivity contribution is -0.282. The highest BCUT2D eigenvalue weighted by molar-refractivity contribution is 7.13. The zero-order chi connectivity index (χ0) is 27.8. The van der Waals surface area contributed by atoms with Crippen molar-refractivity contribution < 1.29 is 27.9 Å². The summed E-state index contributed by atoms with van der Waals surface area (Å²) < 4.78 is 47.1. The van der Waals surface area contributed by atoms with Crippen LogP contribution in [0.25, 0.3) is 10.1 Å². The average Bonchev–Trinajstić information content (AvgIpc) is 3.68. The molecule has 0 radical (unpaired) electrons. The van der Waals surface area contributed by atoms with Crippen LogP contribution in [0.1, 0.15) is 38.5 Å². The lowest BCUT2D eigenvalue weighted by Gasteiger charge is -2.40. The number of carbonyl (C=O) groups is 2. The number of fused-ring (bicyclic) bond motifs is 6. The summed E-state index contributed by atoms with van der Waals surface area (Å²) >= 11 is 1.53. The van der Waals surface area contributed by atoms with Crippen LogP contribution in [0.3, 0.4) is 0 Å². The van der Waals surface area contributed by atoms with Crippen molar-refractivity contribution in [1.82, 2.24) is 14.2 Å². The van der Waals surface area contributed by atoms with Crippen molar-refractivity contribution in [3.05, 3.63) is 24.3 Å². The molecule has 7 atom stereocenters. The van der Waals surface area contributed by atoms with Crippen LogP contribution in [0.2, 0.25) is 0 Å². The Kier molecular flexibility index (Phi) is 6.43. The van der Waals surface area contributed by atoms with Gasteiger partial charge in [0.2, 0.25) is 11.8 Å². The number of halogens is 3. The van der Waals surface area contributed by atoms with Gasteiger partial charge >= 0.3 is 6.18 Å². The third-order valence-electron chi connectivity index (χ3n) is 10.7. The highest BCUT2D eigenvalue weighted by atomic mass is 32.1. The maximum atomic E-state index is 13.7. The molecule has 11 heteroatoms. The van der Waals surface area contributed by atoms with Crippen LogP contribution in [0, 0.1) is 35.5 Å². The predicted octanol–water partition coefficient (Wildman–Crippen LogP) is 4.16. The van der Waals surface area contributed by atoms with Gasteiger partial charge in [0, 0.05) is 50.6 Å². The summed E-state index contributed by atoms with van der Waals surface area (Å²) in [6.45, 7) is 4.81. The van der Waals surface area contributed by atoms with Crippen molar-refractivity contribution in [2.45, 2.75) is 50.3 Å². The van der Waals surface area contributed by atoms with Gasteiger partial charge in [-0.1, -0.05) is 25.0 Å². The van der Waals surface area contributed by atoms with Crippen LogP contribution in [0.15, 0.2) is 24.3 Å². The summed E-state index contributed by atoms with van der Waals surface area (Å²) in [6, 6.07) is 8.30. The molecule has 40 heavy (non-hydrogen) atoms. The normalized spacial score (nSPS) is 36.7. The number of aromatic nitrogens is 1. The van der Waals surface area contributed by atoms with E-state index in [9.17, 15) is 27.9 Å². The molecule has 7 nitrogen and oxygen atoms in total. The molecule has 7 rings (SSSR count). The Morgan fingerprint density at radius 1 is 0.975 bits per heavy atom. The van der Waals surface area contributed by atoms with E-state index < -0.39 is 47.8 Å². The van der Waals surface area contributed by atoms with Gasteiger partial charge in [0.05, 0.1) is 16.5 Å². The van der Waals surface area contributed by atoms with E-state index in [1.165, 1.54) is 26.5 Å². The first-order valence-corrected chi connectivity index (χ1v) is 15.4. The zero-order valence-corrected chi connectivity index (χ0v) is 23.2. The number of anilines is 1. The Hall–Kier alpha value is -2.24. The molecule has 0 spiro atoms. The summed E-state index contributed by atoms with van der Waals surface area (Å²) in [5, 5.41) is 11.7. The molecule has 3 saturated carbocycles. The van der Waals surface area contributed by atoms with Gasteiger partial charge in [-0.25, -0.2) is 0 Å². The molecule has 1 aromatic carbocycles. The number of hydrogen-bond acceptors (Lipinski definition) is 7. The second-order valence-corrected chi connectivity index (χ2v) is 13.5. The van der Waals surface area contributed by atoms with E-state index in [-0.39, 0.29) is 18.2 Å². The number of imide groups is 1. The van der Waals surface area contributed by atoms with Gasteiger partial charge in [-0.3, -0.25) is 19.4 Å². The molecule has 2 bridgehead atoms. The number of alkyl halides is 3. The summed E-state index contributed by atoms with van der Waals surface area (Å²) in [7, 11) is 0. The third kappa shape index (κ3) is 4.09. The topological polar surface area (TPSA) is 77.0 Å². The fourth-order valence-electron chi connectivity index (χ4n) is 8.65. The zero-order valence-electron chi connectivity index (χ0n) is 22.4. The Bertz CT molecular complexity index is 1310. The van der Waals surface area contributed by atoms with Crippen molar-refractivity contribution in [1.29, 1.82) is 0 Å². The molecule has 1 N–H and O–H groups in total. The standard InChI is InChI=1S/C29H35F3N4O3S/c30-29(31,32)28(39)14-19-13-21(28)24-23(19)26(37)36(27(24)38)16-18-6-2-1-5-17(18)15-34-9-11-35(12-10-34)25-20-7-3-4-8-22(20)40-33-25/h3-4,7-8,17-19,21,23-24,39H,1-2,5-6,9-16H2/t17-,18-,19-,21-,23-,24+,28-/m0/s1. The van der Waals surface area contributed by atoms with E-state index in [2.05, 4.69) is 21.9 Å². The number of hydrogen-bond donors (Lipinski definition) is 1. The second-order valence-electron chi connectivity index (χ2n) is 12.7. The number of piperazine rings is 1. The van der Waals surface area contributed by atoms with Gasteiger partial charge in [-0.2, -0.15) is 17.5 Å². The molecule has 2 aliphatic heterocycles. The molecule has 2 saturated heterocycles. The quantitative estimate of drug-likeness (QED) is 0.539. The minimum Gasteiger partial charge on any atom is -0.380 e. The van der Waals surface area contributed by atoms with Crippen LogP contribution in [-0.4, -0.2) is 82.1 Å². The van der Waals surface area contributed by atoms with E-state index in [0.29, 0.717) is 12.5 Å². The van der Waals surface area contributed by atoms with Crippen molar-refractivity contribution in [2.24, 2.45) is 35.5 Å². The summed E-state index contributed by atoms with van der Waals surface area (Å²) in [5.41, 5.74) is -2.86. The molecule has 3 aliphatic carbocycles. The van der Waals surface area contributed by atoms with E-state index in [1.807, 2.05) is 12.1 Å². The van der Waals surface area contributed by atoms with Crippen LogP contribution >= 0.6 is 11.5 Å². The van der Waals surface area contributed by atoms with Gasteiger partial charge in [0.1, 0.15) is 5.82 Å². The van der Waals surface area contributed by atoms with E-state index in [0.717, 1.165) is 64.2 Å². The molecule has 1 aromatic heterocycles. The fraction of sp³-hybridized carbons (Fsp3) is 0.690. The largest absolute Gasteiger partial charge is 0.417 e. The van der Waals surface area contributed by atoms with Crippen molar-refractivity contribution in [2.75, 3.05) is 44.2 Å². The second kappa shape index (κ2) is 9.66. The third-order valence-corrected chi connectivity index (χ3v) is 11.5. The fourth-order valence-corrected chi connectivity index (χ4v) is 9.44. The molecular weight excluding hydrogens is 541 g/mol. The minimum absolute atomic E-state index is 0.103. The van der Waals surface area contributed by atoms with Gasteiger partial charge in [-0.15, -0.1) is 0 Å². The van der Waals surface area contributed by atoms with E-state index in [4.69, 9.17) is 4.37 Å². The van der Waals surface area contributed by atoms with E-state index >= 15 is 0 Å². The van der Waals surface area contributed by atoms with Crippen LogP contribution in [-0.2, 0) is 9.59 Å². The molecule has 5 aliphatic rings. The van der Waals surface area contributed by atoms with Crippen molar-refractivity contribution in [3.8, 4) is 0 Å². The van der Waals surface area contributed by atoms with Gasteiger partial charge < -0.3 is 10.0 Å². The predicted molar refractivity (Wildman–Crippen MR) is 145 cm³/mol. The average molecular weight is 577 g/mol. The SMILES string of the molecule is O=C1[C@H]2[C@H]3C[C@@H]([C@H]2C(=O)N1C[C@@H]1CCCC[C@H]1CN1CCN(c2nsc4ccccc24)CC1)[C@](O)(C(F)(F)F)C3. The minimum atomic E-state index is -4.79. The number of carbonyl (C=O) groups excluding carboxylic acids is 2. The number of likely N-dealkylation sites (tertiary alicyclic amines) is 1. The first-order valence-electron chi connectivity index (χ1n) is 14.6. The maximum Gasteiger partial charge on any atom is 0.417 e. The van der Waals surface area contributed by atoms with Crippen LogP contribution in [0.5, 0.6) is 0 Å². The number of nitrogens with zero attached hydrogens (tertiary/aromatic N) is 4. The lowest BCUT2D eigenvalue weighted by atomic mass is 9.72. The first-order chi connectivity index (χ1) is 19.2. The summed E-state index contributed by atoms with van der Waals surface area (Å²) in [5.74, 6) is -2.76. The lowest BCUT2D eigenvalue weighted by Crippen LogP contribution is -2.54. The number of aliphatic hydroxyl groups is 1.